The molecule has 0 spiro atoms. The number of hydrogen-bond donors (Lipinski definition) is 1. The molecule has 0 unspecified atom stereocenters. The molecule has 1 N–H and O–H groups in total. The molecule has 0 fully saturated rings. The number of carboxylic acid groups (broad SMARTS) is 1. The zero-order valence-electron chi connectivity index (χ0n) is 11.0. The maximum absolute atomic E-state index is 10.8. The molecule has 19 heavy (non-hydrogen) atoms. The quantitative estimate of drug-likeness (QED) is 0.856. The Kier molecular flexibility index (Phi) is 3.59. The molecule has 0 saturated carbocycles. The van der Waals surface area contributed by atoms with E-state index in [1.807, 2.05) is 0 Å². The van der Waals surface area contributed by atoms with Gasteiger partial charge in [-0.25, -0.2) is 9.48 Å². The number of rotatable bonds is 5. The second-order valence-corrected chi connectivity index (χ2v) is 4.69. The van der Waals surface area contributed by atoms with E-state index in [0.717, 1.165) is 0 Å². The molecule has 0 aliphatic rings. The number of aromatic carboxylic acids is 1. The van der Waals surface area contributed by atoms with Crippen molar-refractivity contribution in [2.45, 2.75) is 33.7 Å². The van der Waals surface area contributed by atoms with Gasteiger partial charge in [-0.2, -0.15) is 4.98 Å². The maximum atomic E-state index is 10.8. The summed E-state index contributed by atoms with van der Waals surface area (Å²) in [6.07, 6.45) is 0.712. The molecule has 8 heteroatoms. The van der Waals surface area contributed by atoms with E-state index in [1.165, 1.54) is 4.68 Å². The van der Waals surface area contributed by atoms with Crippen LogP contribution in [-0.4, -0.2) is 36.2 Å². The lowest BCUT2D eigenvalue weighted by Crippen LogP contribution is -2.07. The van der Waals surface area contributed by atoms with E-state index in [9.17, 15) is 4.79 Å². The fraction of sp³-hybridized carbons (Fsp3) is 0.545. The Hall–Kier alpha value is -2.25. The summed E-state index contributed by atoms with van der Waals surface area (Å²) in [6, 6.07) is 0. The SMILES string of the molecule is Cc1c(C(=O)O)nnn1Cc1noc(CC(C)C)n1. The number of carboxylic acids is 1. The van der Waals surface area contributed by atoms with Gasteiger partial charge in [-0.15, -0.1) is 5.10 Å². The smallest absolute Gasteiger partial charge is 0.358 e. The fourth-order valence-electron chi connectivity index (χ4n) is 1.63. The van der Waals surface area contributed by atoms with Crippen molar-refractivity contribution in [2.75, 3.05) is 0 Å². The molecule has 0 saturated heterocycles. The lowest BCUT2D eigenvalue weighted by molar-refractivity contribution is 0.0689. The molecule has 0 bridgehead atoms. The van der Waals surface area contributed by atoms with Crippen LogP contribution in [0.5, 0.6) is 0 Å². The standard InChI is InChI=1S/C11H15N5O3/c1-6(2)4-9-12-8(14-19-9)5-16-7(3)10(11(17)18)13-15-16/h6H,4-5H2,1-3H3,(H,17,18). The Morgan fingerprint density at radius 2 is 2.21 bits per heavy atom. The summed E-state index contributed by atoms with van der Waals surface area (Å²) < 4.78 is 6.54. The van der Waals surface area contributed by atoms with Crippen molar-refractivity contribution in [1.82, 2.24) is 25.1 Å². The minimum absolute atomic E-state index is 0.0640. The minimum Gasteiger partial charge on any atom is -0.476 e. The summed E-state index contributed by atoms with van der Waals surface area (Å²) in [7, 11) is 0. The minimum atomic E-state index is -1.10. The fourth-order valence-corrected chi connectivity index (χ4v) is 1.63. The zero-order chi connectivity index (χ0) is 14.0. The highest BCUT2D eigenvalue weighted by Gasteiger charge is 2.17. The summed E-state index contributed by atoms with van der Waals surface area (Å²) in [5.74, 6) is 0.360. The van der Waals surface area contributed by atoms with Crippen LogP contribution >= 0.6 is 0 Å². The van der Waals surface area contributed by atoms with Crippen LogP contribution in [0.25, 0.3) is 0 Å². The number of hydrogen-bond acceptors (Lipinski definition) is 6. The average Bonchev–Trinajstić information content (AvgIpc) is 2.87. The van der Waals surface area contributed by atoms with E-state index >= 15 is 0 Å². The van der Waals surface area contributed by atoms with Gasteiger partial charge in [0, 0.05) is 6.42 Å². The number of nitrogens with zero attached hydrogens (tertiary/aromatic N) is 5. The van der Waals surface area contributed by atoms with Gasteiger partial charge < -0.3 is 9.63 Å². The molecule has 0 aliphatic heterocycles. The largest absolute Gasteiger partial charge is 0.476 e. The van der Waals surface area contributed by atoms with Gasteiger partial charge in [0.25, 0.3) is 0 Å². The van der Waals surface area contributed by atoms with Crippen molar-refractivity contribution in [2.24, 2.45) is 5.92 Å². The number of carbonyl (C=O) groups is 1. The third kappa shape index (κ3) is 2.95. The van der Waals surface area contributed by atoms with Crippen LogP contribution in [0.4, 0.5) is 0 Å². The van der Waals surface area contributed by atoms with Gasteiger partial charge in [0.15, 0.2) is 11.5 Å². The van der Waals surface area contributed by atoms with Crippen molar-refractivity contribution >= 4 is 5.97 Å². The van der Waals surface area contributed by atoms with Gasteiger partial charge in [-0.3, -0.25) is 0 Å². The van der Waals surface area contributed by atoms with Crippen LogP contribution in [-0.2, 0) is 13.0 Å². The monoisotopic (exact) mass is 265 g/mol. The lowest BCUT2D eigenvalue weighted by atomic mass is 10.1. The lowest BCUT2D eigenvalue weighted by Gasteiger charge is -1.98. The van der Waals surface area contributed by atoms with Gasteiger partial charge in [0.05, 0.1) is 5.69 Å². The molecule has 0 atom stereocenters. The Bertz CT molecular complexity index is 587. The van der Waals surface area contributed by atoms with E-state index in [1.54, 1.807) is 6.92 Å². The molecule has 2 aromatic rings. The maximum Gasteiger partial charge on any atom is 0.358 e. The van der Waals surface area contributed by atoms with Crippen molar-refractivity contribution in [3.05, 3.63) is 23.1 Å². The first-order valence-corrected chi connectivity index (χ1v) is 5.92. The topological polar surface area (TPSA) is 107 Å². The molecule has 2 rings (SSSR count). The summed E-state index contributed by atoms with van der Waals surface area (Å²) in [4.78, 5) is 15.1. The van der Waals surface area contributed by atoms with Gasteiger partial charge in [0.1, 0.15) is 6.54 Å². The highest BCUT2D eigenvalue weighted by atomic mass is 16.5. The molecule has 8 nitrogen and oxygen atoms in total. The van der Waals surface area contributed by atoms with Crippen molar-refractivity contribution < 1.29 is 14.4 Å². The average molecular weight is 265 g/mol. The summed E-state index contributed by atoms with van der Waals surface area (Å²) in [6.45, 7) is 6.00. The third-order valence-corrected chi connectivity index (χ3v) is 2.57. The van der Waals surface area contributed by atoms with Gasteiger partial charge >= 0.3 is 5.97 Å². The van der Waals surface area contributed by atoms with Gasteiger partial charge in [-0.1, -0.05) is 24.2 Å². The normalized spacial score (nSPS) is 11.2. The molecule has 2 heterocycles. The van der Waals surface area contributed by atoms with Crippen molar-refractivity contribution in [3.63, 3.8) is 0 Å². The first kappa shape index (κ1) is 13.2. The molecule has 102 valence electrons. The van der Waals surface area contributed by atoms with Crippen LogP contribution in [0.3, 0.4) is 0 Å². The Morgan fingerprint density at radius 3 is 2.79 bits per heavy atom. The molecular formula is C11H15N5O3. The predicted molar refractivity (Wildman–Crippen MR) is 63.7 cm³/mol. The molecule has 0 aromatic carbocycles. The van der Waals surface area contributed by atoms with Gasteiger partial charge in [-0.05, 0) is 12.8 Å². The van der Waals surface area contributed by atoms with Crippen LogP contribution in [0.15, 0.2) is 4.52 Å². The summed E-state index contributed by atoms with van der Waals surface area (Å²) in [5, 5.41) is 20.1. The molecular weight excluding hydrogens is 250 g/mol. The second-order valence-electron chi connectivity index (χ2n) is 4.69. The Morgan fingerprint density at radius 1 is 1.47 bits per heavy atom. The van der Waals surface area contributed by atoms with Crippen molar-refractivity contribution in [1.29, 1.82) is 0 Å². The van der Waals surface area contributed by atoms with Crippen LogP contribution in [0.2, 0.25) is 0 Å². The van der Waals surface area contributed by atoms with Crippen LogP contribution in [0.1, 0.15) is 41.7 Å². The van der Waals surface area contributed by atoms with Crippen molar-refractivity contribution in [3.8, 4) is 0 Å². The van der Waals surface area contributed by atoms with E-state index in [0.29, 0.717) is 29.7 Å². The molecule has 0 radical (unpaired) electrons. The van der Waals surface area contributed by atoms with Gasteiger partial charge in [0.2, 0.25) is 5.89 Å². The predicted octanol–water partition coefficient (Wildman–Crippen LogP) is 0.915. The first-order chi connectivity index (χ1) is 8.97. The summed E-state index contributed by atoms with van der Waals surface area (Å²) in [5.41, 5.74) is 0.397. The highest BCUT2D eigenvalue weighted by molar-refractivity contribution is 5.86. The van der Waals surface area contributed by atoms with Crippen LogP contribution < -0.4 is 0 Å². The molecule has 0 amide bonds. The molecule has 2 aromatic heterocycles. The number of aromatic nitrogens is 5. The zero-order valence-corrected chi connectivity index (χ0v) is 11.0. The highest BCUT2D eigenvalue weighted by Crippen LogP contribution is 2.08. The third-order valence-electron chi connectivity index (χ3n) is 2.57. The van der Waals surface area contributed by atoms with E-state index in [-0.39, 0.29) is 12.2 Å². The van der Waals surface area contributed by atoms with E-state index in [4.69, 9.17) is 9.63 Å². The summed E-state index contributed by atoms with van der Waals surface area (Å²) >= 11 is 0. The van der Waals surface area contributed by atoms with Crippen LogP contribution in [0, 0.1) is 12.8 Å². The first-order valence-electron chi connectivity index (χ1n) is 5.92. The van der Waals surface area contributed by atoms with E-state index < -0.39 is 5.97 Å². The second kappa shape index (κ2) is 5.17. The van der Waals surface area contributed by atoms with E-state index in [2.05, 4.69) is 34.3 Å². The Labute approximate surface area is 109 Å². The Balaban J connectivity index is 2.13. The molecule has 0 aliphatic carbocycles.